The molecule has 0 radical (unpaired) electrons. The second-order valence-electron chi connectivity index (χ2n) is 6.58. The van der Waals surface area contributed by atoms with E-state index in [0.717, 1.165) is 65.6 Å². The number of carbonyl (C=O) groups excluding carboxylic acids is 1. The summed E-state index contributed by atoms with van der Waals surface area (Å²) >= 11 is 3.33. The van der Waals surface area contributed by atoms with Crippen molar-refractivity contribution in [1.82, 2.24) is 15.3 Å². The van der Waals surface area contributed by atoms with Gasteiger partial charge in [0.25, 0.3) is 0 Å². The van der Waals surface area contributed by atoms with Gasteiger partial charge in [0.15, 0.2) is 5.13 Å². The van der Waals surface area contributed by atoms with Crippen LogP contribution >= 0.6 is 22.7 Å². The number of amides is 1. The summed E-state index contributed by atoms with van der Waals surface area (Å²) in [5.74, 6) is 0.341. The van der Waals surface area contributed by atoms with E-state index in [1.54, 1.807) is 22.7 Å². The van der Waals surface area contributed by atoms with E-state index in [1.165, 1.54) is 0 Å². The van der Waals surface area contributed by atoms with Crippen LogP contribution < -0.4 is 10.2 Å². The predicted molar refractivity (Wildman–Crippen MR) is 109 cm³/mol. The number of nitrogens with one attached hydrogen (secondary N) is 1. The molecule has 3 aromatic heterocycles. The lowest BCUT2D eigenvalue weighted by atomic mass is 9.96. The normalized spacial score (nSPS) is 15.5. The summed E-state index contributed by atoms with van der Waals surface area (Å²) in [6, 6.07) is 6.19. The van der Waals surface area contributed by atoms with Gasteiger partial charge in [-0.1, -0.05) is 18.3 Å². The van der Waals surface area contributed by atoms with Gasteiger partial charge in [0, 0.05) is 36.5 Å². The molecule has 4 rings (SSSR count). The number of carbonyl (C=O) groups is 1. The number of nitrogens with zero attached hydrogens (tertiary/aromatic N) is 3. The Morgan fingerprint density at radius 2 is 2.12 bits per heavy atom. The summed E-state index contributed by atoms with van der Waals surface area (Å²) in [6.07, 6.45) is 2.76. The van der Waals surface area contributed by atoms with E-state index in [9.17, 15) is 4.79 Å². The van der Waals surface area contributed by atoms with E-state index < -0.39 is 0 Å². The van der Waals surface area contributed by atoms with Crippen LogP contribution in [0.25, 0.3) is 21.6 Å². The topological polar surface area (TPSA) is 58.1 Å². The Morgan fingerprint density at radius 3 is 2.85 bits per heavy atom. The van der Waals surface area contributed by atoms with E-state index >= 15 is 0 Å². The summed E-state index contributed by atoms with van der Waals surface area (Å²) in [5.41, 5.74) is 3.11. The van der Waals surface area contributed by atoms with Crippen molar-refractivity contribution < 1.29 is 4.79 Å². The fourth-order valence-electron chi connectivity index (χ4n) is 3.24. The van der Waals surface area contributed by atoms with Crippen molar-refractivity contribution in [3.63, 3.8) is 0 Å². The number of piperidine rings is 1. The Labute approximate surface area is 161 Å². The third kappa shape index (κ3) is 3.59. The maximum Gasteiger partial charge on any atom is 0.223 e. The quantitative estimate of drug-likeness (QED) is 0.715. The molecule has 0 unspecified atom stereocenters. The van der Waals surface area contributed by atoms with Crippen molar-refractivity contribution in [2.24, 2.45) is 5.92 Å². The molecule has 7 heteroatoms. The Bertz CT molecular complexity index is 882. The third-order valence-corrected chi connectivity index (χ3v) is 6.46. The fraction of sp³-hybridized carbons (Fsp3) is 0.421. The van der Waals surface area contributed by atoms with Gasteiger partial charge in [0.1, 0.15) is 10.3 Å². The van der Waals surface area contributed by atoms with Gasteiger partial charge in [-0.05, 0) is 42.8 Å². The molecule has 1 fully saturated rings. The molecule has 1 aliphatic rings. The smallest absolute Gasteiger partial charge is 0.223 e. The summed E-state index contributed by atoms with van der Waals surface area (Å²) in [5, 5.41) is 8.22. The molecule has 1 N–H and O–H groups in total. The van der Waals surface area contributed by atoms with Crippen molar-refractivity contribution >= 4 is 44.1 Å². The van der Waals surface area contributed by atoms with E-state index in [-0.39, 0.29) is 11.8 Å². The minimum absolute atomic E-state index is 0.135. The number of fused-ring (bicyclic) bond motifs is 1. The van der Waals surface area contributed by atoms with Crippen molar-refractivity contribution in [2.75, 3.05) is 24.5 Å². The van der Waals surface area contributed by atoms with Crippen molar-refractivity contribution in [2.45, 2.75) is 26.2 Å². The SMILES string of the molecule is CCCNC(=O)C1CCN(c2nc3ccc(-c4ccsc4)nc3s2)CC1. The number of pyridine rings is 1. The zero-order valence-corrected chi connectivity index (χ0v) is 16.4. The summed E-state index contributed by atoms with van der Waals surface area (Å²) in [7, 11) is 0. The lowest BCUT2D eigenvalue weighted by molar-refractivity contribution is -0.125. The standard InChI is InChI=1S/C19H22N4OS2/c1-2-8-20-17(24)13-5-9-23(10-6-13)19-22-16-4-3-15(21-18(16)26-19)14-7-11-25-12-14/h3-4,7,11-13H,2,5-6,8-10H2,1H3,(H,20,24). The molecule has 4 heterocycles. The summed E-state index contributed by atoms with van der Waals surface area (Å²) in [6.45, 7) is 4.60. The van der Waals surface area contributed by atoms with Crippen molar-refractivity contribution in [3.05, 3.63) is 29.0 Å². The maximum absolute atomic E-state index is 12.1. The van der Waals surface area contributed by atoms with E-state index in [2.05, 4.69) is 40.0 Å². The fourth-order valence-corrected chi connectivity index (χ4v) is 4.88. The van der Waals surface area contributed by atoms with Gasteiger partial charge in [0.2, 0.25) is 5.91 Å². The second kappa shape index (κ2) is 7.72. The number of thiazole rings is 1. The first-order chi connectivity index (χ1) is 12.7. The molecular formula is C19H22N4OS2. The van der Waals surface area contributed by atoms with Gasteiger partial charge in [-0.25, -0.2) is 9.97 Å². The Morgan fingerprint density at radius 1 is 1.27 bits per heavy atom. The van der Waals surface area contributed by atoms with Crippen LogP contribution in [0.15, 0.2) is 29.0 Å². The Kier molecular flexibility index (Phi) is 5.17. The first kappa shape index (κ1) is 17.4. The third-order valence-electron chi connectivity index (χ3n) is 4.75. The molecule has 0 bridgehead atoms. The molecule has 3 aromatic rings. The Hall–Kier alpha value is -1.99. The van der Waals surface area contributed by atoms with Crippen LogP contribution in [0.3, 0.4) is 0 Å². The van der Waals surface area contributed by atoms with Crippen molar-refractivity contribution in [1.29, 1.82) is 0 Å². The number of anilines is 1. The van der Waals surface area contributed by atoms with Crippen LogP contribution in [0.2, 0.25) is 0 Å². The summed E-state index contributed by atoms with van der Waals surface area (Å²) < 4.78 is 0. The monoisotopic (exact) mass is 386 g/mol. The molecule has 0 spiro atoms. The summed E-state index contributed by atoms with van der Waals surface area (Å²) in [4.78, 5) is 25.0. The molecular weight excluding hydrogens is 364 g/mol. The van der Waals surface area contributed by atoms with Gasteiger partial charge in [-0.2, -0.15) is 11.3 Å². The molecule has 26 heavy (non-hydrogen) atoms. The van der Waals surface area contributed by atoms with Crippen LogP contribution in [0, 0.1) is 5.92 Å². The van der Waals surface area contributed by atoms with Crippen LogP contribution in [0.5, 0.6) is 0 Å². The van der Waals surface area contributed by atoms with Crippen LogP contribution in [-0.2, 0) is 4.79 Å². The van der Waals surface area contributed by atoms with Gasteiger partial charge in [-0.3, -0.25) is 4.79 Å². The largest absolute Gasteiger partial charge is 0.356 e. The number of hydrogen-bond acceptors (Lipinski definition) is 6. The van der Waals surface area contributed by atoms with Gasteiger partial charge in [-0.15, -0.1) is 0 Å². The molecule has 5 nitrogen and oxygen atoms in total. The number of rotatable bonds is 5. The average Bonchev–Trinajstić information content (AvgIpc) is 3.35. The first-order valence-corrected chi connectivity index (χ1v) is 10.8. The van der Waals surface area contributed by atoms with E-state index in [4.69, 9.17) is 9.97 Å². The van der Waals surface area contributed by atoms with E-state index in [1.807, 2.05) is 6.07 Å². The minimum Gasteiger partial charge on any atom is -0.356 e. The Balaban J connectivity index is 1.45. The van der Waals surface area contributed by atoms with Gasteiger partial charge >= 0.3 is 0 Å². The lowest BCUT2D eigenvalue weighted by Crippen LogP contribution is -2.40. The average molecular weight is 387 g/mol. The maximum atomic E-state index is 12.1. The van der Waals surface area contributed by atoms with E-state index in [0.29, 0.717) is 0 Å². The molecule has 1 aliphatic heterocycles. The van der Waals surface area contributed by atoms with Crippen LogP contribution in [-0.4, -0.2) is 35.5 Å². The molecule has 136 valence electrons. The number of thiophene rings is 1. The number of aromatic nitrogens is 2. The molecule has 0 saturated carbocycles. The highest BCUT2D eigenvalue weighted by Crippen LogP contribution is 2.32. The molecule has 0 aliphatic carbocycles. The second-order valence-corrected chi connectivity index (χ2v) is 8.32. The van der Waals surface area contributed by atoms with Crippen molar-refractivity contribution in [3.8, 4) is 11.3 Å². The lowest BCUT2D eigenvalue weighted by Gasteiger charge is -2.30. The van der Waals surface area contributed by atoms with Crippen LogP contribution in [0.1, 0.15) is 26.2 Å². The zero-order valence-electron chi connectivity index (χ0n) is 14.8. The minimum atomic E-state index is 0.135. The molecule has 0 atom stereocenters. The zero-order chi connectivity index (χ0) is 17.9. The molecule has 1 amide bonds. The molecule has 0 aromatic carbocycles. The van der Waals surface area contributed by atoms with Crippen LogP contribution in [0.4, 0.5) is 5.13 Å². The highest BCUT2D eigenvalue weighted by molar-refractivity contribution is 7.21. The molecule has 1 saturated heterocycles. The highest BCUT2D eigenvalue weighted by atomic mass is 32.1. The predicted octanol–water partition coefficient (Wildman–Crippen LogP) is 4.16. The first-order valence-electron chi connectivity index (χ1n) is 9.07. The van der Waals surface area contributed by atoms with Gasteiger partial charge in [0.05, 0.1) is 5.69 Å². The highest BCUT2D eigenvalue weighted by Gasteiger charge is 2.26. The van der Waals surface area contributed by atoms with Gasteiger partial charge < -0.3 is 10.2 Å². The number of hydrogen-bond donors (Lipinski definition) is 1.